The Labute approximate surface area is 119 Å². The highest BCUT2D eigenvalue weighted by atomic mass is 35.5. The second-order valence-electron chi connectivity index (χ2n) is 4.89. The molecule has 0 saturated carbocycles. The maximum absolute atomic E-state index is 13.2. The molecule has 1 fully saturated rings. The molecule has 1 N–H and O–H groups in total. The van der Waals surface area contributed by atoms with Gasteiger partial charge in [-0.05, 0) is 24.1 Å². The fourth-order valence-corrected chi connectivity index (χ4v) is 2.57. The van der Waals surface area contributed by atoms with Gasteiger partial charge < -0.3 is 5.32 Å². The van der Waals surface area contributed by atoms with Gasteiger partial charge in [0.1, 0.15) is 11.6 Å². The van der Waals surface area contributed by atoms with Crippen LogP contribution in [0.3, 0.4) is 0 Å². The van der Waals surface area contributed by atoms with E-state index in [1.54, 1.807) is 0 Å². The Balaban J connectivity index is 0.00000180. The zero-order chi connectivity index (χ0) is 13.0. The molecule has 2 nitrogen and oxygen atoms in total. The first kappa shape index (κ1) is 16.3. The first-order valence-electron chi connectivity index (χ1n) is 6.58. The van der Waals surface area contributed by atoms with Crippen LogP contribution >= 0.6 is 12.4 Å². The molecule has 1 heterocycles. The van der Waals surface area contributed by atoms with Crippen molar-refractivity contribution in [2.45, 2.75) is 32.4 Å². The second-order valence-corrected chi connectivity index (χ2v) is 4.89. The topological polar surface area (TPSA) is 15.3 Å². The molecule has 0 spiro atoms. The lowest BCUT2D eigenvalue weighted by atomic mass is 10.1. The van der Waals surface area contributed by atoms with Crippen LogP contribution in [0.15, 0.2) is 18.2 Å². The van der Waals surface area contributed by atoms with E-state index in [-0.39, 0.29) is 12.4 Å². The normalized spacial score (nSPS) is 20.1. The fraction of sp³-hybridized carbons (Fsp3) is 0.571. The van der Waals surface area contributed by atoms with Crippen LogP contribution < -0.4 is 5.32 Å². The van der Waals surface area contributed by atoms with E-state index < -0.39 is 11.6 Å². The molecule has 0 bridgehead atoms. The van der Waals surface area contributed by atoms with Gasteiger partial charge in [0.15, 0.2) is 0 Å². The van der Waals surface area contributed by atoms with Gasteiger partial charge in [-0.25, -0.2) is 8.78 Å². The van der Waals surface area contributed by atoms with Gasteiger partial charge in [-0.1, -0.05) is 13.3 Å². The molecule has 108 valence electrons. The molecule has 1 aliphatic rings. The molecular weight excluding hydrogens is 270 g/mol. The average Bonchev–Trinajstić information content (AvgIpc) is 2.30. The number of benzene rings is 1. The van der Waals surface area contributed by atoms with E-state index in [0.29, 0.717) is 12.6 Å². The number of halogens is 3. The third-order valence-electron chi connectivity index (χ3n) is 3.40. The average molecular weight is 291 g/mol. The molecule has 5 heteroatoms. The maximum Gasteiger partial charge on any atom is 0.126 e. The molecule has 1 aliphatic heterocycles. The van der Waals surface area contributed by atoms with E-state index in [4.69, 9.17) is 0 Å². The molecule has 1 saturated heterocycles. The highest BCUT2D eigenvalue weighted by molar-refractivity contribution is 5.85. The van der Waals surface area contributed by atoms with Crippen LogP contribution in [-0.4, -0.2) is 30.6 Å². The molecule has 1 atom stereocenters. The van der Waals surface area contributed by atoms with Crippen LogP contribution in [0.5, 0.6) is 0 Å². The molecule has 1 aromatic rings. The Kier molecular flexibility index (Phi) is 6.69. The standard InChI is InChI=1S/C14H20F2N2.ClH/c1-2-3-14-9-17-4-5-18(14)10-11-6-12(15)8-13(16)7-11;/h6-8,14,17H,2-5,9-10H2,1H3;1H. The second kappa shape index (κ2) is 7.78. The number of nitrogens with one attached hydrogen (secondary N) is 1. The lowest BCUT2D eigenvalue weighted by molar-refractivity contribution is 0.144. The van der Waals surface area contributed by atoms with Gasteiger partial charge >= 0.3 is 0 Å². The Morgan fingerprint density at radius 1 is 1.26 bits per heavy atom. The molecule has 19 heavy (non-hydrogen) atoms. The molecule has 0 aliphatic carbocycles. The highest BCUT2D eigenvalue weighted by Crippen LogP contribution is 2.16. The first-order chi connectivity index (χ1) is 8.69. The largest absolute Gasteiger partial charge is 0.314 e. The van der Waals surface area contributed by atoms with Crippen molar-refractivity contribution in [1.29, 1.82) is 0 Å². The van der Waals surface area contributed by atoms with Gasteiger partial charge in [0, 0.05) is 38.3 Å². The predicted octanol–water partition coefficient (Wildman–Crippen LogP) is 2.96. The maximum atomic E-state index is 13.2. The Morgan fingerprint density at radius 2 is 1.95 bits per heavy atom. The van der Waals surface area contributed by atoms with Crippen molar-refractivity contribution in [2.24, 2.45) is 0 Å². The SMILES string of the molecule is CCCC1CNCCN1Cc1cc(F)cc(F)c1.Cl. The van der Waals surface area contributed by atoms with E-state index in [9.17, 15) is 8.78 Å². The number of piperazine rings is 1. The van der Waals surface area contributed by atoms with E-state index in [1.165, 1.54) is 12.1 Å². The van der Waals surface area contributed by atoms with Gasteiger partial charge in [0.25, 0.3) is 0 Å². The quantitative estimate of drug-likeness (QED) is 0.917. The monoisotopic (exact) mass is 290 g/mol. The summed E-state index contributed by atoms with van der Waals surface area (Å²) >= 11 is 0. The van der Waals surface area contributed by atoms with Crippen LogP contribution in [0, 0.1) is 11.6 Å². The summed E-state index contributed by atoms with van der Waals surface area (Å²) < 4.78 is 26.3. The molecule has 0 amide bonds. The van der Waals surface area contributed by atoms with Crippen molar-refractivity contribution >= 4 is 12.4 Å². The zero-order valence-electron chi connectivity index (χ0n) is 11.2. The summed E-state index contributed by atoms with van der Waals surface area (Å²) in [5.74, 6) is -0.987. The summed E-state index contributed by atoms with van der Waals surface area (Å²) in [5.41, 5.74) is 0.718. The number of nitrogens with zero attached hydrogens (tertiary/aromatic N) is 1. The van der Waals surface area contributed by atoms with E-state index >= 15 is 0 Å². The molecule has 2 rings (SSSR count). The minimum atomic E-state index is -0.493. The summed E-state index contributed by atoms with van der Waals surface area (Å²) in [6, 6.07) is 4.24. The van der Waals surface area contributed by atoms with Crippen LogP contribution in [0.25, 0.3) is 0 Å². The predicted molar refractivity (Wildman–Crippen MR) is 75.6 cm³/mol. The number of hydrogen-bond donors (Lipinski definition) is 1. The highest BCUT2D eigenvalue weighted by Gasteiger charge is 2.21. The Morgan fingerprint density at radius 3 is 2.58 bits per heavy atom. The van der Waals surface area contributed by atoms with E-state index in [1.807, 2.05) is 0 Å². The van der Waals surface area contributed by atoms with E-state index in [0.717, 1.165) is 44.1 Å². The third-order valence-corrected chi connectivity index (χ3v) is 3.40. The summed E-state index contributed by atoms with van der Waals surface area (Å²) in [6.07, 6.45) is 2.24. The molecule has 1 unspecified atom stereocenters. The summed E-state index contributed by atoms with van der Waals surface area (Å²) in [5, 5.41) is 3.37. The molecular formula is C14H21ClF2N2. The van der Waals surface area contributed by atoms with Crippen molar-refractivity contribution in [2.75, 3.05) is 19.6 Å². The fourth-order valence-electron chi connectivity index (χ4n) is 2.57. The number of rotatable bonds is 4. The molecule has 1 aromatic carbocycles. The lowest BCUT2D eigenvalue weighted by Crippen LogP contribution is -2.50. The minimum Gasteiger partial charge on any atom is -0.314 e. The summed E-state index contributed by atoms with van der Waals surface area (Å²) in [4.78, 5) is 2.31. The van der Waals surface area contributed by atoms with Gasteiger partial charge in [0.2, 0.25) is 0 Å². The Hall–Kier alpha value is -0.710. The van der Waals surface area contributed by atoms with Crippen LogP contribution in [0.4, 0.5) is 8.78 Å². The summed E-state index contributed by atoms with van der Waals surface area (Å²) in [7, 11) is 0. The van der Waals surface area contributed by atoms with E-state index in [2.05, 4.69) is 17.1 Å². The Bertz CT molecular complexity index is 379. The smallest absolute Gasteiger partial charge is 0.126 e. The summed E-state index contributed by atoms with van der Waals surface area (Å²) in [6.45, 7) is 5.63. The lowest BCUT2D eigenvalue weighted by Gasteiger charge is -2.36. The number of hydrogen-bond acceptors (Lipinski definition) is 2. The van der Waals surface area contributed by atoms with Gasteiger partial charge in [-0.2, -0.15) is 0 Å². The zero-order valence-corrected chi connectivity index (χ0v) is 12.0. The van der Waals surface area contributed by atoms with Crippen LogP contribution in [0.2, 0.25) is 0 Å². The van der Waals surface area contributed by atoms with Crippen molar-refractivity contribution < 1.29 is 8.78 Å². The van der Waals surface area contributed by atoms with Crippen LogP contribution in [-0.2, 0) is 6.54 Å². The van der Waals surface area contributed by atoms with Gasteiger partial charge in [0.05, 0.1) is 0 Å². The third kappa shape index (κ3) is 4.71. The first-order valence-corrected chi connectivity index (χ1v) is 6.58. The van der Waals surface area contributed by atoms with Crippen molar-refractivity contribution in [3.8, 4) is 0 Å². The van der Waals surface area contributed by atoms with Gasteiger partial charge in [-0.15, -0.1) is 12.4 Å². The minimum absolute atomic E-state index is 0. The van der Waals surface area contributed by atoms with Crippen LogP contribution in [0.1, 0.15) is 25.3 Å². The van der Waals surface area contributed by atoms with Crippen molar-refractivity contribution in [3.63, 3.8) is 0 Å². The van der Waals surface area contributed by atoms with Crippen molar-refractivity contribution in [1.82, 2.24) is 10.2 Å². The van der Waals surface area contributed by atoms with Crippen molar-refractivity contribution in [3.05, 3.63) is 35.4 Å². The molecule has 0 radical (unpaired) electrons. The van der Waals surface area contributed by atoms with Gasteiger partial charge in [-0.3, -0.25) is 4.90 Å². The molecule has 0 aromatic heterocycles.